The van der Waals surface area contributed by atoms with E-state index in [0.717, 1.165) is 4.90 Å². The van der Waals surface area contributed by atoms with Crippen LogP contribution in [-0.4, -0.2) is 11.7 Å². The molecule has 0 aliphatic carbocycles. The zero-order valence-corrected chi connectivity index (χ0v) is 13.4. The molecule has 3 aromatic rings. The Balaban J connectivity index is 1.73. The number of fused-ring (bicyclic) bond motifs is 1. The summed E-state index contributed by atoms with van der Waals surface area (Å²) < 4.78 is 5.43. The number of hydrogen-bond acceptors (Lipinski definition) is 4. The second-order valence-electron chi connectivity index (χ2n) is 4.70. The molecule has 1 aromatic heterocycles. The van der Waals surface area contributed by atoms with Crippen molar-refractivity contribution in [3.8, 4) is 6.07 Å². The summed E-state index contributed by atoms with van der Waals surface area (Å²) in [6.45, 7) is 0. The van der Waals surface area contributed by atoms with Crippen LogP contribution in [0.3, 0.4) is 0 Å². The van der Waals surface area contributed by atoms with Crippen LogP contribution in [0, 0.1) is 11.3 Å². The lowest BCUT2D eigenvalue weighted by atomic mass is 10.2. The van der Waals surface area contributed by atoms with Crippen molar-refractivity contribution in [2.75, 3.05) is 11.1 Å². The lowest BCUT2D eigenvalue weighted by Gasteiger charge is -2.04. The Kier molecular flexibility index (Phi) is 4.56. The molecule has 0 aliphatic rings. The summed E-state index contributed by atoms with van der Waals surface area (Å²) in [4.78, 5) is 13.1. The largest absolute Gasteiger partial charge is 0.443 e. The van der Waals surface area contributed by atoms with Gasteiger partial charge in [0, 0.05) is 15.3 Å². The number of halogens is 1. The highest BCUT2D eigenvalue weighted by atomic mass is 35.5. The summed E-state index contributed by atoms with van der Waals surface area (Å²) in [6, 6.07) is 16.4. The summed E-state index contributed by atoms with van der Waals surface area (Å²) in [6.07, 6.45) is 0. The van der Waals surface area contributed by atoms with E-state index < -0.39 is 0 Å². The first-order valence-corrected chi connectivity index (χ1v) is 8.13. The fourth-order valence-electron chi connectivity index (χ4n) is 2.10. The van der Waals surface area contributed by atoms with Crippen LogP contribution in [0.15, 0.2) is 57.8 Å². The van der Waals surface area contributed by atoms with Crippen molar-refractivity contribution in [3.63, 3.8) is 0 Å². The van der Waals surface area contributed by atoms with E-state index in [1.165, 1.54) is 11.8 Å². The number of carbonyl (C=O) groups is 1. The lowest BCUT2D eigenvalue weighted by Crippen LogP contribution is -2.14. The second-order valence-corrected chi connectivity index (χ2v) is 6.19. The van der Waals surface area contributed by atoms with Gasteiger partial charge in [-0.05, 0) is 36.4 Å². The van der Waals surface area contributed by atoms with Gasteiger partial charge in [0.2, 0.25) is 11.7 Å². The Morgan fingerprint density at radius 1 is 1.22 bits per heavy atom. The molecule has 4 nitrogen and oxygen atoms in total. The van der Waals surface area contributed by atoms with Gasteiger partial charge in [-0.1, -0.05) is 23.7 Å². The maximum Gasteiger partial charge on any atom is 0.234 e. The van der Waals surface area contributed by atoms with Crippen LogP contribution in [0.4, 0.5) is 5.69 Å². The van der Waals surface area contributed by atoms with Crippen LogP contribution in [0.2, 0.25) is 5.02 Å². The summed E-state index contributed by atoms with van der Waals surface area (Å²) in [7, 11) is 0. The number of anilines is 1. The van der Waals surface area contributed by atoms with Gasteiger partial charge < -0.3 is 9.73 Å². The quantitative estimate of drug-likeness (QED) is 0.698. The number of carbonyl (C=O) groups excluding carboxylic acids is 1. The van der Waals surface area contributed by atoms with Crippen molar-refractivity contribution < 1.29 is 9.21 Å². The standard InChI is InChI=1S/C17H11ClN2O2S/c18-11-5-7-12(8-6-11)23-10-16(21)20-17-13-3-1-2-4-14(13)22-15(17)9-19/h1-8H,10H2,(H,20,21). The molecule has 0 saturated carbocycles. The summed E-state index contributed by atoms with van der Waals surface area (Å²) in [5, 5.41) is 13.3. The second kappa shape index (κ2) is 6.78. The number of nitrogens with zero attached hydrogens (tertiary/aromatic N) is 1. The maximum absolute atomic E-state index is 12.2. The van der Waals surface area contributed by atoms with Crippen LogP contribution < -0.4 is 5.32 Å². The summed E-state index contributed by atoms with van der Waals surface area (Å²) >= 11 is 7.22. The number of hydrogen-bond donors (Lipinski definition) is 1. The molecule has 0 fully saturated rings. The fourth-order valence-corrected chi connectivity index (χ4v) is 2.93. The number of furan rings is 1. The molecule has 1 amide bonds. The Morgan fingerprint density at radius 3 is 2.70 bits per heavy atom. The van der Waals surface area contributed by atoms with Crippen molar-refractivity contribution in [2.24, 2.45) is 0 Å². The average molecular weight is 343 g/mol. The highest BCUT2D eigenvalue weighted by Gasteiger charge is 2.16. The van der Waals surface area contributed by atoms with E-state index >= 15 is 0 Å². The Labute approximate surface area is 142 Å². The molecule has 0 bridgehead atoms. The molecule has 114 valence electrons. The van der Waals surface area contributed by atoms with E-state index in [4.69, 9.17) is 21.3 Å². The first kappa shape index (κ1) is 15.5. The zero-order chi connectivity index (χ0) is 16.2. The molecule has 0 saturated heterocycles. The minimum Gasteiger partial charge on any atom is -0.443 e. The van der Waals surface area contributed by atoms with Gasteiger partial charge in [-0.15, -0.1) is 11.8 Å². The van der Waals surface area contributed by atoms with Crippen LogP contribution >= 0.6 is 23.4 Å². The Bertz CT molecular complexity index is 897. The van der Waals surface area contributed by atoms with Gasteiger partial charge in [0.25, 0.3) is 0 Å². The van der Waals surface area contributed by atoms with E-state index in [0.29, 0.717) is 21.7 Å². The maximum atomic E-state index is 12.2. The Hall–Kier alpha value is -2.42. The average Bonchev–Trinajstić information content (AvgIpc) is 2.92. The molecular weight excluding hydrogens is 332 g/mol. The molecular formula is C17H11ClN2O2S. The van der Waals surface area contributed by atoms with E-state index in [1.54, 1.807) is 18.2 Å². The number of rotatable bonds is 4. The van der Waals surface area contributed by atoms with Crippen molar-refractivity contribution in [1.82, 2.24) is 0 Å². The molecule has 1 heterocycles. The monoisotopic (exact) mass is 342 g/mol. The normalized spacial score (nSPS) is 10.4. The number of nitriles is 1. The number of para-hydroxylation sites is 1. The molecule has 0 atom stereocenters. The van der Waals surface area contributed by atoms with Gasteiger partial charge in [0.15, 0.2) is 0 Å². The molecule has 0 radical (unpaired) electrons. The number of thioether (sulfide) groups is 1. The van der Waals surface area contributed by atoms with Gasteiger partial charge in [0.05, 0.1) is 5.75 Å². The van der Waals surface area contributed by atoms with Crippen LogP contribution in [0.25, 0.3) is 11.0 Å². The smallest absolute Gasteiger partial charge is 0.234 e. The topological polar surface area (TPSA) is 66.0 Å². The fraction of sp³-hybridized carbons (Fsp3) is 0.0588. The molecule has 3 rings (SSSR count). The van der Waals surface area contributed by atoms with Gasteiger partial charge in [-0.25, -0.2) is 0 Å². The summed E-state index contributed by atoms with van der Waals surface area (Å²) in [5.41, 5.74) is 0.995. The van der Waals surface area contributed by atoms with E-state index in [-0.39, 0.29) is 17.4 Å². The van der Waals surface area contributed by atoms with Gasteiger partial charge >= 0.3 is 0 Å². The van der Waals surface area contributed by atoms with Crippen molar-refractivity contribution in [1.29, 1.82) is 5.26 Å². The molecule has 0 spiro atoms. The van der Waals surface area contributed by atoms with Crippen LogP contribution in [-0.2, 0) is 4.79 Å². The van der Waals surface area contributed by atoms with E-state index in [1.807, 2.05) is 36.4 Å². The molecule has 23 heavy (non-hydrogen) atoms. The third-order valence-electron chi connectivity index (χ3n) is 3.15. The first-order valence-electron chi connectivity index (χ1n) is 6.77. The molecule has 0 aliphatic heterocycles. The molecule has 0 unspecified atom stereocenters. The predicted molar refractivity (Wildman–Crippen MR) is 91.7 cm³/mol. The summed E-state index contributed by atoms with van der Waals surface area (Å²) in [5.74, 6) is 0.135. The first-order chi connectivity index (χ1) is 11.2. The third-order valence-corrected chi connectivity index (χ3v) is 4.41. The number of benzene rings is 2. The molecule has 6 heteroatoms. The number of nitrogens with one attached hydrogen (secondary N) is 1. The van der Waals surface area contributed by atoms with Crippen molar-refractivity contribution in [3.05, 3.63) is 59.3 Å². The predicted octanol–water partition coefficient (Wildman–Crippen LogP) is 4.69. The van der Waals surface area contributed by atoms with Crippen molar-refractivity contribution >= 4 is 45.9 Å². The van der Waals surface area contributed by atoms with Crippen molar-refractivity contribution in [2.45, 2.75) is 4.90 Å². The van der Waals surface area contributed by atoms with E-state index in [9.17, 15) is 4.79 Å². The Morgan fingerprint density at radius 2 is 1.96 bits per heavy atom. The highest BCUT2D eigenvalue weighted by molar-refractivity contribution is 8.00. The van der Waals surface area contributed by atoms with Gasteiger partial charge in [0.1, 0.15) is 17.3 Å². The minimum absolute atomic E-state index is 0.107. The SMILES string of the molecule is N#Cc1oc2ccccc2c1NC(=O)CSc1ccc(Cl)cc1. The van der Waals surface area contributed by atoms with Crippen LogP contribution in [0.5, 0.6) is 0 Å². The number of amides is 1. The minimum atomic E-state index is -0.201. The molecule has 1 N–H and O–H groups in total. The molecule has 2 aromatic carbocycles. The zero-order valence-electron chi connectivity index (χ0n) is 11.9. The van der Waals surface area contributed by atoms with Gasteiger partial charge in [-0.3, -0.25) is 4.79 Å². The highest BCUT2D eigenvalue weighted by Crippen LogP contribution is 2.30. The van der Waals surface area contributed by atoms with Crippen LogP contribution in [0.1, 0.15) is 5.76 Å². The van der Waals surface area contributed by atoms with E-state index in [2.05, 4.69) is 5.32 Å². The van der Waals surface area contributed by atoms with Gasteiger partial charge in [-0.2, -0.15) is 5.26 Å². The third kappa shape index (κ3) is 3.50. The lowest BCUT2D eigenvalue weighted by molar-refractivity contribution is -0.113.